The van der Waals surface area contributed by atoms with E-state index in [1.807, 2.05) is 17.0 Å². The predicted molar refractivity (Wildman–Crippen MR) is 83.3 cm³/mol. The Morgan fingerprint density at radius 1 is 1.33 bits per heavy atom. The average molecular weight is 299 g/mol. The second kappa shape index (κ2) is 5.24. The molecule has 2 aromatic heterocycles. The minimum Gasteiger partial charge on any atom is -0.306 e. The number of carbonyl (C=O) groups is 1. The van der Waals surface area contributed by atoms with Gasteiger partial charge in [-0.3, -0.25) is 14.7 Å². The highest BCUT2D eigenvalue weighted by Crippen LogP contribution is 2.36. The van der Waals surface area contributed by atoms with Crippen LogP contribution in [0.1, 0.15) is 18.4 Å². The molecule has 1 amide bonds. The van der Waals surface area contributed by atoms with Crippen molar-refractivity contribution < 1.29 is 4.79 Å². The molecule has 108 valence electrons. The lowest BCUT2D eigenvalue weighted by atomic mass is 10.1. The zero-order valence-corrected chi connectivity index (χ0v) is 12.5. The van der Waals surface area contributed by atoms with Crippen LogP contribution in [0.3, 0.4) is 0 Å². The molecule has 0 aliphatic carbocycles. The second-order valence-electron chi connectivity index (χ2n) is 5.70. The van der Waals surface area contributed by atoms with Gasteiger partial charge in [0.15, 0.2) is 0 Å². The van der Waals surface area contributed by atoms with Crippen LogP contribution in [0.4, 0.5) is 5.69 Å². The summed E-state index contributed by atoms with van der Waals surface area (Å²) >= 11 is 1.73. The van der Waals surface area contributed by atoms with Gasteiger partial charge < -0.3 is 4.90 Å². The van der Waals surface area contributed by atoms with E-state index in [1.54, 1.807) is 23.7 Å². The Morgan fingerprint density at radius 3 is 3.05 bits per heavy atom. The van der Waals surface area contributed by atoms with E-state index in [0.29, 0.717) is 18.5 Å². The molecule has 4 rings (SSSR count). The molecule has 2 aliphatic heterocycles. The van der Waals surface area contributed by atoms with Crippen LogP contribution in [0, 0.1) is 0 Å². The van der Waals surface area contributed by atoms with Crippen molar-refractivity contribution in [2.75, 3.05) is 11.4 Å². The van der Waals surface area contributed by atoms with Crippen LogP contribution in [-0.4, -0.2) is 34.4 Å². The van der Waals surface area contributed by atoms with E-state index in [2.05, 4.69) is 26.7 Å². The SMILES string of the molecule is O=C1C[C@H]2[C@@H](CCN2Cc2ccsc2)N1c1cccnc1. The Hall–Kier alpha value is -1.72. The van der Waals surface area contributed by atoms with Gasteiger partial charge in [0.1, 0.15) is 0 Å². The van der Waals surface area contributed by atoms with Crippen LogP contribution in [-0.2, 0) is 11.3 Å². The van der Waals surface area contributed by atoms with Crippen LogP contribution in [0.5, 0.6) is 0 Å². The van der Waals surface area contributed by atoms with Crippen molar-refractivity contribution in [1.82, 2.24) is 9.88 Å². The molecule has 0 radical (unpaired) electrons. The van der Waals surface area contributed by atoms with E-state index in [-0.39, 0.29) is 5.91 Å². The smallest absolute Gasteiger partial charge is 0.229 e. The molecular weight excluding hydrogens is 282 g/mol. The largest absolute Gasteiger partial charge is 0.306 e. The Labute approximate surface area is 128 Å². The minimum absolute atomic E-state index is 0.230. The first-order valence-corrected chi connectivity index (χ1v) is 8.24. The number of amides is 1. The number of thiophene rings is 1. The summed E-state index contributed by atoms with van der Waals surface area (Å²) in [5.41, 5.74) is 2.29. The molecule has 2 aromatic rings. The summed E-state index contributed by atoms with van der Waals surface area (Å²) in [5, 5.41) is 4.31. The van der Waals surface area contributed by atoms with E-state index in [0.717, 1.165) is 25.2 Å². The van der Waals surface area contributed by atoms with Crippen LogP contribution < -0.4 is 4.90 Å². The number of anilines is 1. The fourth-order valence-corrected chi connectivity index (χ4v) is 4.23. The number of nitrogens with zero attached hydrogens (tertiary/aromatic N) is 3. The lowest BCUT2D eigenvalue weighted by molar-refractivity contribution is -0.117. The third kappa shape index (κ3) is 2.26. The topological polar surface area (TPSA) is 36.4 Å². The first-order valence-electron chi connectivity index (χ1n) is 7.30. The van der Waals surface area contributed by atoms with Crippen molar-refractivity contribution in [3.05, 3.63) is 46.9 Å². The number of rotatable bonds is 3. The van der Waals surface area contributed by atoms with Gasteiger partial charge in [-0.25, -0.2) is 0 Å². The van der Waals surface area contributed by atoms with Gasteiger partial charge in [-0.05, 0) is 40.9 Å². The fraction of sp³-hybridized carbons (Fsp3) is 0.375. The predicted octanol–water partition coefficient (Wildman–Crippen LogP) is 2.52. The van der Waals surface area contributed by atoms with E-state index in [9.17, 15) is 4.79 Å². The van der Waals surface area contributed by atoms with Crippen LogP contribution in [0.15, 0.2) is 41.4 Å². The lowest BCUT2D eigenvalue weighted by Crippen LogP contribution is -2.37. The van der Waals surface area contributed by atoms with Gasteiger partial charge in [-0.2, -0.15) is 11.3 Å². The number of hydrogen-bond acceptors (Lipinski definition) is 4. The standard InChI is InChI=1S/C16H17N3OS/c20-16-8-15-14(19(16)13-2-1-5-17-9-13)3-6-18(15)10-12-4-7-21-11-12/h1-2,4-5,7,9,11,14-15H,3,6,8,10H2/t14-,15+/m1/s1. The number of pyridine rings is 1. The molecule has 0 spiro atoms. The van der Waals surface area contributed by atoms with Crippen molar-refractivity contribution >= 4 is 22.9 Å². The van der Waals surface area contributed by atoms with Crippen molar-refractivity contribution in [3.63, 3.8) is 0 Å². The zero-order valence-electron chi connectivity index (χ0n) is 11.7. The quantitative estimate of drug-likeness (QED) is 0.874. The number of aromatic nitrogens is 1. The molecule has 5 heteroatoms. The summed E-state index contributed by atoms with van der Waals surface area (Å²) in [5.74, 6) is 0.230. The Morgan fingerprint density at radius 2 is 2.29 bits per heavy atom. The summed E-state index contributed by atoms with van der Waals surface area (Å²) in [7, 11) is 0. The first kappa shape index (κ1) is 13.0. The summed E-state index contributed by atoms with van der Waals surface area (Å²) < 4.78 is 0. The maximum absolute atomic E-state index is 12.4. The van der Waals surface area contributed by atoms with Gasteiger partial charge in [0.2, 0.25) is 5.91 Å². The molecule has 0 unspecified atom stereocenters. The highest BCUT2D eigenvalue weighted by molar-refractivity contribution is 7.07. The van der Waals surface area contributed by atoms with Gasteiger partial charge in [-0.1, -0.05) is 0 Å². The zero-order chi connectivity index (χ0) is 14.2. The molecule has 0 saturated carbocycles. The molecule has 2 saturated heterocycles. The maximum Gasteiger partial charge on any atom is 0.229 e. The van der Waals surface area contributed by atoms with Crippen molar-refractivity contribution in [1.29, 1.82) is 0 Å². The van der Waals surface area contributed by atoms with Crippen LogP contribution in [0.2, 0.25) is 0 Å². The highest BCUT2D eigenvalue weighted by Gasteiger charge is 2.47. The van der Waals surface area contributed by atoms with Crippen LogP contribution in [0.25, 0.3) is 0 Å². The molecule has 0 bridgehead atoms. The van der Waals surface area contributed by atoms with Gasteiger partial charge in [-0.15, -0.1) is 0 Å². The summed E-state index contributed by atoms with van der Waals surface area (Å²) in [6, 6.07) is 6.70. The van der Waals surface area contributed by atoms with Crippen molar-refractivity contribution in [3.8, 4) is 0 Å². The van der Waals surface area contributed by atoms with Crippen molar-refractivity contribution in [2.45, 2.75) is 31.5 Å². The van der Waals surface area contributed by atoms with Gasteiger partial charge in [0.05, 0.1) is 17.9 Å². The highest BCUT2D eigenvalue weighted by atomic mass is 32.1. The van der Waals surface area contributed by atoms with Gasteiger partial charge in [0.25, 0.3) is 0 Å². The molecule has 21 heavy (non-hydrogen) atoms. The number of fused-ring (bicyclic) bond motifs is 1. The molecule has 2 fully saturated rings. The van der Waals surface area contributed by atoms with E-state index < -0.39 is 0 Å². The maximum atomic E-state index is 12.4. The number of carbonyl (C=O) groups excluding carboxylic acids is 1. The normalized spacial score (nSPS) is 25.5. The minimum atomic E-state index is 0.230. The average Bonchev–Trinajstić information content (AvgIpc) is 3.19. The summed E-state index contributed by atoms with van der Waals surface area (Å²) in [6.45, 7) is 2.02. The Balaban J connectivity index is 1.55. The second-order valence-corrected chi connectivity index (χ2v) is 6.48. The van der Waals surface area contributed by atoms with Gasteiger partial charge >= 0.3 is 0 Å². The Bertz CT molecular complexity index is 628. The van der Waals surface area contributed by atoms with E-state index in [4.69, 9.17) is 0 Å². The molecule has 0 aromatic carbocycles. The fourth-order valence-electron chi connectivity index (χ4n) is 3.57. The molecule has 4 nitrogen and oxygen atoms in total. The molecule has 0 N–H and O–H groups in total. The summed E-state index contributed by atoms with van der Waals surface area (Å²) in [6.07, 6.45) is 5.22. The third-order valence-electron chi connectivity index (χ3n) is 4.50. The first-order chi connectivity index (χ1) is 10.3. The third-order valence-corrected chi connectivity index (χ3v) is 5.23. The van der Waals surface area contributed by atoms with E-state index >= 15 is 0 Å². The summed E-state index contributed by atoms with van der Waals surface area (Å²) in [4.78, 5) is 21.0. The van der Waals surface area contributed by atoms with Gasteiger partial charge in [0, 0.05) is 31.7 Å². The molecular formula is C16H17N3OS. The molecule has 2 aliphatic rings. The van der Waals surface area contributed by atoms with Crippen molar-refractivity contribution in [2.24, 2.45) is 0 Å². The van der Waals surface area contributed by atoms with E-state index in [1.165, 1.54) is 5.56 Å². The molecule has 4 heterocycles. The molecule has 2 atom stereocenters. The Kier molecular flexibility index (Phi) is 3.24. The number of likely N-dealkylation sites (tertiary alicyclic amines) is 1. The number of hydrogen-bond donors (Lipinski definition) is 0. The lowest BCUT2D eigenvalue weighted by Gasteiger charge is -2.25. The monoisotopic (exact) mass is 299 g/mol. The van der Waals surface area contributed by atoms with Crippen LogP contribution >= 0.6 is 11.3 Å².